The molecule has 2 N–H and O–H groups in total. The van der Waals surface area contributed by atoms with E-state index in [1.807, 2.05) is 0 Å². The Bertz CT molecular complexity index is 165. The molecule has 2 unspecified atom stereocenters. The molecule has 0 bridgehead atoms. The van der Waals surface area contributed by atoms with Gasteiger partial charge in [-0.25, -0.2) is 0 Å². The van der Waals surface area contributed by atoms with Gasteiger partial charge in [0.2, 0.25) is 0 Å². The third-order valence-corrected chi connectivity index (χ3v) is 3.68. The van der Waals surface area contributed by atoms with Gasteiger partial charge in [0, 0.05) is 25.2 Å². The quantitative estimate of drug-likeness (QED) is 0.730. The zero-order chi connectivity index (χ0) is 11.3. The van der Waals surface area contributed by atoms with Gasteiger partial charge in [0.25, 0.3) is 0 Å². The third kappa shape index (κ3) is 3.16. The molecule has 1 aliphatic heterocycles. The summed E-state index contributed by atoms with van der Waals surface area (Å²) in [5.41, 5.74) is 5.88. The van der Waals surface area contributed by atoms with Crippen LogP contribution in [0.2, 0.25) is 0 Å². The average molecular weight is 214 g/mol. The summed E-state index contributed by atoms with van der Waals surface area (Å²) < 4.78 is 5.74. The standard InChI is InChI=1S/C12H26N2O/c1-4-10(5-2)14(3)11(9-13)12-7-6-8-15-12/h10-12H,4-9,13H2,1-3H3. The minimum Gasteiger partial charge on any atom is -0.377 e. The maximum Gasteiger partial charge on any atom is 0.0743 e. The lowest BCUT2D eigenvalue weighted by molar-refractivity contribution is 0.0195. The molecule has 1 heterocycles. The fraction of sp³-hybridized carbons (Fsp3) is 1.00. The summed E-state index contributed by atoms with van der Waals surface area (Å²) in [6.45, 7) is 6.11. The highest BCUT2D eigenvalue weighted by molar-refractivity contribution is 4.85. The average Bonchev–Trinajstić information content (AvgIpc) is 2.74. The summed E-state index contributed by atoms with van der Waals surface area (Å²) in [4.78, 5) is 2.43. The van der Waals surface area contributed by atoms with E-state index in [-0.39, 0.29) is 0 Å². The largest absolute Gasteiger partial charge is 0.377 e. The zero-order valence-corrected chi connectivity index (χ0v) is 10.4. The van der Waals surface area contributed by atoms with E-state index in [0.29, 0.717) is 24.7 Å². The first kappa shape index (κ1) is 12.9. The van der Waals surface area contributed by atoms with Gasteiger partial charge in [0.1, 0.15) is 0 Å². The van der Waals surface area contributed by atoms with Crippen LogP contribution in [0.25, 0.3) is 0 Å². The third-order valence-electron chi connectivity index (χ3n) is 3.68. The number of ether oxygens (including phenoxy) is 1. The summed E-state index contributed by atoms with van der Waals surface area (Å²) in [5, 5.41) is 0. The predicted molar refractivity (Wildman–Crippen MR) is 63.9 cm³/mol. The molecule has 0 aromatic heterocycles. The Hall–Kier alpha value is -0.120. The minimum absolute atomic E-state index is 0.362. The number of hydrogen-bond acceptors (Lipinski definition) is 3. The lowest BCUT2D eigenvalue weighted by Crippen LogP contribution is -2.50. The van der Waals surface area contributed by atoms with Gasteiger partial charge in [-0.15, -0.1) is 0 Å². The van der Waals surface area contributed by atoms with Gasteiger partial charge in [-0.05, 0) is 32.7 Å². The van der Waals surface area contributed by atoms with Crippen molar-refractivity contribution in [2.24, 2.45) is 5.73 Å². The van der Waals surface area contributed by atoms with E-state index in [2.05, 4.69) is 25.8 Å². The molecule has 3 nitrogen and oxygen atoms in total. The number of hydrogen-bond donors (Lipinski definition) is 1. The molecule has 0 amide bonds. The topological polar surface area (TPSA) is 38.5 Å². The van der Waals surface area contributed by atoms with Gasteiger partial charge < -0.3 is 10.5 Å². The molecule has 3 heteroatoms. The fourth-order valence-electron chi connectivity index (χ4n) is 2.62. The number of rotatable bonds is 6. The van der Waals surface area contributed by atoms with Crippen LogP contribution in [0.3, 0.4) is 0 Å². The van der Waals surface area contributed by atoms with Gasteiger partial charge in [-0.2, -0.15) is 0 Å². The van der Waals surface area contributed by atoms with Crippen LogP contribution in [-0.4, -0.2) is 43.3 Å². The Morgan fingerprint density at radius 3 is 2.47 bits per heavy atom. The highest BCUT2D eigenvalue weighted by Crippen LogP contribution is 2.21. The monoisotopic (exact) mass is 214 g/mol. The molecule has 0 aliphatic carbocycles. The van der Waals surface area contributed by atoms with Crippen LogP contribution in [0, 0.1) is 0 Å². The maximum atomic E-state index is 5.88. The molecule has 0 spiro atoms. The zero-order valence-electron chi connectivity index (χ0n) is 10.4. The van der Waals surface area contributed by atoms with Crippen molar-refractivity contribution in [1.82, 2.24) is 4.90 Å². The Kier molecular flexibility index (Phi) is 5.58. The van der Waals surface area contributed by atoms with E-state index in [9.17, 15) is 0 Å². The molecule has 1 aliphatic rings. The second kappa shape index (κ2) is 6.46. The summed E-state index contributed by atoms with van der Waals surface area (Å²) in [5.74, 6) is 0. The maximum absolute atomic E-state index is 5.88. The van der Waals surface area contributed by atoms with Crippen molar-refractivity contribution in [2.75, 3.05) is 20.2 Å². The van der Waals surface area contributed by atoms with Crippen LogP contribution in [0.15, 0.2) is 0 Å². The molecule has 1 saturated heterocycles. The predicted octanol–water partition coefficient (Wildman–Crippen LogP) is 1.61. The molecule has 0 radical (unpaired) electrons. The summed E-state index contributed by atoms with van der Waals surface area (Å²) in [6, 6.07) is 1.04. The number of nitrogens with zero attached hydrogens (tertiary/aromatic N) is 1. The van der Waals surface area contributed by atoms with Crippen molar-refractivity contribution >= 4 is 0 Å². The van der Waals surface area contributed by atoms with Crippen LogP contribution >= 0.6 is 0 Å². The van der Waals surface area contributed by atoms with Crippen LogP contribution in [0.1, 0.15) is 39.5 Å². The molecule has 0 saturated carbocycles. The minimum atomic E-state index is 0.362. The summed E-state index contributed by atoms with van der Waals surface area (Å²) in [6.07, 6.45) is 5.11. The van der Waals surface area contributed by atoms with Crippen molar-refractivity contribution in [3.8, 4) is 0 Å². The molecule has 90 valence electrons. The van der Waals surface area contributed by atoms with Crippen molar-refractivity contribution in [2.45, 2.75) is 57.7 Å². The van der Waals surface area contributed by atoms with Crippen LogP contribution < -0.4 is 5.73 Å². The Labute approximate surface area is 94.0 Å². The fourth-order valence-corrected chi connectivity index (χ4v) is 2.62. The lowest BCUT2D eigenvalue weighted by atomic mass is 10.0. The second-order valence-corrected chi connectivity index (χ2v) is 4.49. The first-order valence-corrected chi connectivity index (χ1v) is 6.28. The van der Waals surface area contributed by atoms with Gasteiger partial charge in [0.15, 0.2) is 0 Å². The number of likely N-dealkylation sites (N-methyl/N-ethyl adjacent to an activating group) is 1. The van der Waals surface area contributed by atoms with E-state index < -0.39 is 0 Å². The number of nitrogens with two attached hydrogens (primary N) is 1. The molecule has 2 atom stereocenters. The molecular weight excluding hydrogens is 188 g/mol. The molecule has 0 aromatic rings. The highest BCUT2D eigenvalue weighted by Gasteiger charge is 2.30. The van der Waals surface area contributed by atoms with Gasteiger partial charge >= 0.3 is 0 Å². The smallest absolute Gasteiger partial charge is 0.0743 e. The summed E-state index contributed by atoms with van der Waals surface area (Å²) in [7, 11) is 2.19. The van der Waals surface area contributed by atoms with E-state index in [0.717, 1.165) is 6.61 Å². The molecule has 0 aromatic carbocycles. The molecule has 15 heavy (non-hydrogen) atoms. The van der Waals surface area contributed by atoms with Gasteiger partial charge in [-0.3, -0.25) is 4.90 Å². The van der Waals surface area contributed by atoms with Crippen molar-refractivity contribution < 1.29 is 4.74 Å². The van der Waals surface area contributed by atoms with Crippen molar-refractivity contribution in [3.63, 3.8) is 0 Å². The SMILES string of the molecule is CCC(CC)N(C)C(CN)C1CCCO1. The van der Waals surface area contributed by atoms with Gasteiger partial charge in [-0.1, -0.05) is 13.8 Å². The molecular formula is C12H26N2O. The lowest BCUT2D eigenvalue weighted by Gasteiger charge is -2.36. The Balaban J connectivity index is 2.55. The first-order chi connectivity index (χ1) is 7.24. The van der Waals surface area contributed by atoms with Crippen molar-refractivity contribution in [3.05, 3.63) is 0 Å². The van der Waals surface area contributed by atoms with Crippen LogP contribution in [0.5, 0.6) is 0 Å². The Morgan fingerprint density at radius 2 is 2.07 bits per heavy atom. The second-order valence-electron chi connectivity index (χ2n) is 4.49. The van der Waals surface area contributed by atoms with E-state index in [1.165, 1.54) is 25.7 Å². The first-order valence-electron chi connectivity index (χ1n) is 6.28. The van der Waals surface area contributed by atoms with E-state index in [4.69, 9.17) is 10.5 Å². The molecule has 1 fully saturated rings. The van der Waals surface area contributed by atoms with Gasteiger partial charge in [0.05, 0.1) is 6.10 Å². The van der Waals surface area contributed by atoms with E-state index >= 15 is 0 Å². The summed E-state index contributed by atoms with van der Waals surface area (Å²) >= 11 is 0. The normalized spacial score (nSPS) is 24.0. The Morgan fingerprint density at radius 1 is 1.40 bits per heavy atom. The highest BCUT2D eigenvalue weighted by atomic mass is 16.5. The van der Waals surface area contributed by atoms with Crippen LogP contribution in [-0.2, 0) is 4.74 Å². The van der Waals surface area contributed by atoms with E-state index in [1.54, 1.807) is 0 Å². The van der Waals surface area contributed by atoms with Crippen LogP contribution in [0.4, 0.5) is 0 Å². The van der Waals surface area contributed by atoms with Crippen molar-refractivity contribution in [1.29, 1.82) is 0 Å². The molecule has 1 rings (SSSR count).